The van der Waals surface area contributed by atoms with Crippen LogP contribution in [-0.4, -0.2) is 34.8 Å². The fraction of sp³-hybridized carbons (Fsp3) is 0.333. The minimum Gasteiger partial charge on any atom is -0.349 e. The van der Waals surface area contributed by atoms with Crippen molar-refractivity contribution in [3.8, 4) is 0 Å². The Kier molecular flexibility index (Phi) is 4.85. The lowest BCUT2D eigenvalue weighted by atomic mass is 9.92. The van der Waals surface area contributed by atoms with Gasteiger partial charge in [0.05, 0.1) is 25.3 Å². The predicted octanol–water partition coefficient (Wildman–Crippen LogP) is 4.78. The summed E-state index contributed by atoms with van der Waals surface area (Å²) in [6, 6.07) is 28.2. The van der Waals surface area contributed by atoms with Crippen molar-refractivity contribution in [3.63, 3.8) is 0 Å². The number of hydrogen-bond donors (Lipinski definition) is 0. The topological polar surface area (TPSA) is 59.1 Å². The van der Waals surface area contributed by atoms with E-state index in [0.717, 1.165) is 22.3 Å². The number of hydrogen-bond acceptors (Lipinski definition) is 4. The molecular weight excluding hydrogens is 452 g/mol. The van der Waals surface area contributed by atoms with E-state index in [1.165, 1.54) is 0 Å². The van der Waals surface area contributed by atoms with Gasteiger partial charge in [0, 0.05) is 36.8 Å². The van der Waals surface area contributed by atoms with Crippen LogP contribution in [0.25, 0.3) is 0 Å². The van der Waals surface area contributed by atoms with E-state index in [4.69, 9.17) is 9.47 Å². The van der Waals surface area contributed by atoms with Gasteiger partial charge in [0.25, 0.3) is 0 Å². The van der Waals surface area contributed by atoms with Crippen LogP contribution in [0.2, 0.25) is 0 Å². The molecule has 0 radical (unpaired) electrons. The van der Waals surface area contributed by atoms with Crippen LogP contribution in [0, 0.1) is 0 Å². The van der Waals surface area contributed by atoms with Crippen molar-refractivity contribution in [1.29, 1.82) is 0 Å². The predicted molar refractivity (Wildman–Crippen MR) is 132 cm³/mol. The summed E-state index contributed by atoms with van der Waals surface area (Å²) in [5.41, 5.74) is 2.47. The van der Waals surface area contributed by atoms with Crippen molar-refractivity contribution >= 4 is 11.8 Å². The molecule has 4 atom stereocenters. The van der Waals surface area contributed by atoms with Crippen molar-refractivity contribution in [2.45, 2.75) is 49.2 Å². The first-order valence-electron chi connectivity index (χ1n) is 12.8. The van der Waals surface area contributed by atoms with E-state index >= 15 is 0 Å². The lowest BCUT2D eigenvalue weighted by Gasteiger charge is -2.36. The van der Waals surface area contributed by atoms with Crippen molar-refractivity contribution in [2.24, 2.45) is 0 Å². The maximum absolute atomic E-state index is 13.2. The Hall–Kier alpha value is -3.48. The maximum atomic E-state index is 13.2. The number of carbonyl (C=O) groups excluding carboxylic acids is 2. The Morgan fingerprint density at radius 3 is 1.50 bits per heavy atom. The number of amides is 2. The molecule has 2 amide bonds. The fourth-order valence-corrected chi connectivity index (χ4v) is 6.73. The molecule has 0 spiro atoms. The lowest BCUT2D eigenvalue weighted by molar-refractivity contribution is -0.140. The summed E-state index contributed by atoms with van der Waals surface area (Å²) in [5.74, 6) is 0.229. The second-order valence-electron chi connectivity index (χ2n) is 10.2. The Bertz CT molecular complexity index is 1230. The summed E-state index contributed by atoms with van der Waals surface area (Å²) in [7, 11) is 0. The summed E-state index contributed by atoms with van der Waals surface area (Å²) < 4.78 is 13.0. The summed E-state index contributed by atoms with van der Waals surface area (Å²) in [4.78, 5) is 30.2. The number of nitrogens with zero attached hydrogens (tertiary/aromatic N) is 2. The molecule has 4 heterocycles. The minimum atomic E-state index is -0.797. The van der Waals surface area contributed by atoms with Crippen molar-refractivity contribution < 1.29 is 19.1 Å². The van der Waals surface area contributed by atoms with Gasteiger partial charge >= 0.3 is 0 Å². The van der Waals surface area contributed by atoms with Crippen molar-refractivity contribution in [2.75, 3.05) is 13.2 Å². The largest absolute Gasteiger partial charge is 0.349 e. The third-order valence-corrected chi connectivity index (χ3v) is 8.39. The highest BCUT2D eigenvalue weighted by Crippen LogP contribution is 2.54. The average molecular weight is 481 g/mol. The number of carbonyl (C=O) groups is 2. The molecule has 36 heavy (non-hydrogen) atoms. The molecule has 4 saturated heterocycles. The summed E-state index contributed by atoms with van der Waals surface area (Å²) in [6.07, 6.45) is 2.13. The molecule has 0 aromatic heterocycles. The SMILES string of the molecule is O=C1CC[C@]2(c3cccc([C@]45CCC(=O)N4[C@H](c4ccccc4)CO5)c3)OC[C@@H](c3ccccc3)N12. The van der Waals surface area contributed by atoms with E-state index in [0.29, 0.717) is 38.9 Å². The van der Waals surface area contributed by atoms with Gasteiger partial charge in [-0.1, -0.05) is 78.9 Å². The first-order valence-corrected chi connectivity index (χ1v) is 12.8. The molecule has 3 aromatic rings. The van der Waals surface area contributed by atoms with Crippen LogP contribution in [0.4, 0.5) is 0 Å². The molecule has 0 unspecified atom stereocenters. The van der Waals surface area contributed by atoms with E-state index in [2.05, 4.69) is 30.3 Å². The number of ether oxygens (including phenoxy) is 2. The highest BCUT2D eigenvalue weighted by molar-refractivity contribution is 5.82. The van der Waals surface area contributed by atoms with E-state index < -0.39 is 11.4 Å². The standard InChI is InChI=1S/C30H28N2O4/c33-27-14-16-29(31(27)25(19-35-29)21-8-3-1-4-9-21)23-12-7-13-24(18-23)30-17-15-28(34)32(30)26(20-36-30)22-10-5-2-6-11-22/h1-13,18,25-26H,14-17,19-20H2/t25-,26-,29+,30+/m0/s1. The lowest BCUT2D eigenvalue weighted by Crippen LogP contribution is -2.42. The third kappa shape index (κ3) is 2.98. The smallest absolute Gasteiger partial charge is 0.225 e. The summed E-state index contributed by atoms with van der Waals surface area (Å²) in [5, 5.41) is 0. The van der Waals surface area contributed by atoms with Crippen LogP contribution in [0.1, 0.15) is 60.0 Å². The maximum Gasteiger partial charge on any atom is 0.225 e. The molecule has 4 aliphatic rings. The summed E-state index contributed by atoms with van der Waals surface area (Å²) in [6.45, 7) is 0.921. The average Bonchev–Trinajstić information content (AvgIpc) is 3.67. The first-order chi connectivity index (χ1) is 17.6. The van der Waals surface area contributed by atoms with Gasteiger partial charge < -0.3 is 19.3 Å². The Morgan fingerprint density at radius 1 is 0.611 bits per heavy atom. The Labute approximate surface area is 210 Å². The first kappa shape index (κ1) is 21.8. The highest BCUT2D eigenvalue weighted by Gasteiger charge is 2.58. The van der Waals surface area contributed by atoms with Crippen molar-refractivity contribution in [1.82, 2.24) is 9.80 Å². The van der Waals surface area contributed by atoms with Crippen LogP contribution in [0.5, 0.6) is 0 Å². The van der Waals surface area contributed by atoms with Gasteiger partial charge in [0.2, 0.25) is 11.8 Å². The van der Waals surface area contributed by atoms with Crippen LogP contribution >= 0.6 is 0 Å². The van der Waals surface area contributed by atoms with Gasteiger partial charge in [0.1, 0.15) is 0 Å². The number of fused-ring (bicyclic) bond motifs is 2. The Balaban J connectivity index is 1.28. The summed E-state index contributed by atoms with van der Waals surface area (Å²) >= 11 is 0. The normalized spacial score (nSPS) is 31.2. The molecule has 182 valence electrons. The van der Waals surface area contributed by atoms with E-state index in [-0.39, 0.29) is 23.9 Å². The third-order valence-electron chi connectivity index (χ3n) is 8.39. The Morgan fingerprint density at radius 2 is 1.06 bits per heavy atom. The van der Waals surface area contributed by atoms with Crippen LogP contribution in [0.15, 0.2) is 84.9 Å². The van der Waals surface area contributed by atoms with E-state index in [1.807, 2.05) is 64.4 Å². The molecule has 4 fully saturated rings. The zero-order chi connectivity index (χ0) is 24.3. The molecule has 6 heteroatoms. The van der Waals surface area contributed by atoms with Gasteiger partial charge in [0.15, 0.2) is 11.4 Å². The number of benzene rings is 3. The molecule has 6 nitrogen and oxygen atoms in total. The molecular formula is C30H28N2O4. The van der Waals surface area contributed by atoms with Gasteiger partial charge in [-0.05, 0) is 17.2 Å². The van der Waals surface area contributed by atoms with E-state index in [1.54, 1.807) is 0 Å². The second kappa shape index (κ2) is 8.02. The molecule has 0 bridgehead atoms. The van der Waals surface area contributed by atoms with Crippen LogP contribution < -0.4 is 0 Å². The molecule has 7 rings (SSSR count). The van der Waals surface area contributed by atoms with Crippen LogP contribution in [0.3, 0.4) is 0 Å². The molecule has 4 aliphatic heterocycles. The zero-order valence-corrected chi connectivity index (χ0v) is 20.0. The monoisotopic (exact) mass is 480 g/mol. The minimum absolute atomic E-state index is 0.113. The fourth-order valence-electron chi connectivity index (χ4n) is 6.73. The van der Waals surface area contributed by atoms with Gasteiger partial charge in [-0.3, -0.25) is 9.59 Å². The molecule has 3 aromatic carbocycles. The van der Waals surface area contributed by atoms with Crippen LogP contribution in [-0.2, 0) is 30.5 Å². The highest BCUT2D eigenvalue weighted by atomic mass is 16.5. The molecule has 0 aliphatic carbocycles. The van der Waals surface area contributed by atoms with Crippen molar-refractivity contribution in [3.05, 3.63) is 107 Å². The van der Waals surface area contributed by atoms with E-state index in [9.17, 15) is 9.59 Å². The quantitative estimate of drug-likeness (QED) is 0.539. The van der Waals surface area contributed by atoms with Gasteiger partial charge in [-0.15, -0.1) is 0 Å². The number of rotatable bonds is 4. The molecule has 0 saturated carbocycles. The van der Waals surface area contributed by atoms with Gasteiger partial charge in [-0.2, -0.15) is 0 Å². The second-order valence-corrected chi connectivity index (χ2v) is 10.2. The zero-order valence-electron chi connectivity index (χ0n) is 20.0. The molecule has 0 N–H and O–H groups in total. The van der Waals surface area contributed by atoms with Gasteiger partial charge in [-0.25, -0.2) is 0 Å².